The minimum atomic E-state index is -3.45. The number of sulfonamides is 1. The van der Waals surface area contributed by atoms with E-state index >= 15 is 0 Å². The molecule has 0 saturated heterocycles. The van der Waals surface area contributed by atoms with Crippen molar-refractivity contribution in [1.82, 2.24) is 4.72 Å². The molecule has 1 N–H and O–H groups in total. The minimum absolute atomic E-state index is 0.0267. The molecular formula is C17H29NO2S. The van der Waals surface area contributed by atoms with Crippen LogP contribution in [0, 0.1) is 27.7 Å². The second-order valence-electron chi connectivity index (χ2n) is 6.11. The van der Waals surface area contributed by atoms with E-state index in [1.165, 1.54) is 0 Å². The van der Waals surface area contributed by atoms with Gasteiger partial charge >= 0.3 is 0 Å². The van der Waals surface area contributed by atoms with Gasteiger partial charge in [-0.2, -0.15) is 0 Å². The van der Waals surface area contributed by atoms with Crippen LogP contribution in [0.4, 0.5) is 0 Å². The fourth-order valence-corrected chi connectivity index (χ4v) is 4.56. The van der Waals surface area contributed by atoms with Crippen molar-refractivity contribution < 1.29 is 8.42 Å². The third kappa shape index (κ3) is 4.55. The summed E-state index contributed by atoms with van der Waals surface area (Å²) >= 11 is 0. The Morgan fingerprint density at radius 2 is 1.57 bits per heavy atom. The first kappa shape index (κ1) is 18.2. The summed E-state index contributed by atoms with van der Waals surface area (Å²) in [5, 5.41) is 0. The molecular weight excluding hydrogens is 282 g/mol. The molecule has 0 saturated carbocycles. The SMILES string of the molecule is CCCCCC(C)NS(=O)(=O)c1c(C)c(C)cc(C)c1C. The predicted octanol–water partition coefficient (Wildman–Crippen LogP) is 4.17. The first-order valence-corrected chi connectivity index (χ1v) is 9.28. The van der Waals surface area contributed by atoms with Crippen molar-refractivity contribution in [3.05, 3.63) is 28.3 Å². The lowest BCUT2D eigenvalue weighted by atomic mass is 10.0. The van der Waals surface area contributed by atoms with E-state index in [0.29, 0.717) is 4.90 Å². The quantitative estimate of drug-likeness (QED) is 0.768. The van der Waals surface area contributed by atoms with Gasteiger partial charge in [0.1, 0.15) is 0 Å². The van der Waals surface area contributed by atoms with Gasteiger partial charge in [0.15, 0.2) is 0 Å². The molecule has 1 aromatic rings. The van der Waals surface area contributed by atoms with Gasteiger partial charge in [-0.25, -0.2) is 13.1 Å². The highest BCUT2D eigenvalue weighted by molar-refractivity contribution is 7.89. The smallest absolute Gasteiger partial charge is 0.208 e. The highest BCUT2D eigenvalue weighted by Crippen LogP contribution is 2.26. The van der Waals surface area contributed by atoms with Crippen LogP contribution in [0.15, 0.2) is 11.0 Å². The van der Waals surface area contributed by atoms with Crippen LogP contribution in [0.3, 0.4) is 0 Å². The maximum atomic E-state index is 12.7. The topological polar surface area (TPSA) is 46.2 Å². The summed E-state index contributed by atoms with van der Waals surface area (Å²) in [6, 6.07) is 2.02. The number of benzene rings is 1. The first-order valence-electron chi connectivity index (χ1n) is 7.80. The molecule has 0 aliphatic rings. The molecule has 0 radical (unpaired) electrons. The standard InChI is InChI=1S/C17H29NO2S/c1-7-8-9-10-14(4)18-21(19,20)17-15(5)12(2)11-13(3)16(17)6/h11,14,18H,7-10H2,1-6H3. The summed E-state index contributed by atoms with van der Waals surface area (Å²) in [7, 11) is -3.45. The third-order valence-corrected chi connectivity index (χ3v) is 6.03. The van der Waals surface area contributed by atoms with Crippen molar-refractivity contribution in [2.24, 2.45) is 0 Å². The number of nitrogens with one attached hydrogen (secondary N) is 1. The largest absolute Gasteiger partial charge is 0.241 e. The zero-order chi connectivity index (χ0) is 16.2. The Morgan fingerprint density at radius 1 is 1.05 bits per heavy atom. The monoisotopic (exact) mass is 311 g/mol. The molecule has 4 heteroatoms. The lowest BCUT2D eigenvalue weighted by Crippen LogP contribution is -2.33. The number of hydrogen-bond acceptors (Lipinski definition) is 2. The Balaban J connectivity index is 3.04. The molecule has 0 fully saturated rings. The number of rotatable bonds is 7. The predicted molar refractivity (Wildman–Crippen MR) is 89.3 cm³/mol. The van der Waals surface area contributed by atoms with Crippen LogP contribution in [-0.2, 0) is 10.0 Å². The molecule has 0 heterocycles. The average molecular weight is 311 g/mol. The van der Waals surface area contributed by atoms with Gasteiger partial charge in [-0.3, -0.25) is 0 Å². The van der Waals surface area contributed by atoms with Gasteiger partial charge in [-0.1, -0.05) is 32.3 Å². The molecule has 0 aliphatic heterocycles. The number of hydrogen-bond donors (Lipinski definition) is 1. The van der Waals surface area contributed by atoms with Crippen molar-refractivity contribution in [3.63, 3.8) is 0 Å². The van der Waals surface area contributed by atoms with Crippen LogP contribution in [0.25, 0.3) is 0 Å². The van der Waals surface area contributed by atoms with Crippen molar-refractivity contribution in [2.45, 2.75) is 78.2 Å². The molecule has 120 valence electrons. The van der Waals surface area contributed by atoms with Crippen molar-refractivity contribution in [3.8, 4) is 0 Å². The molecule has 0 spiro atoms. The fourth-order valence-electron chi connectivity index (χ4n) is 2.67. The Bertz CT molecular complexity index is 565. The fraction of sp³-hybridized carbons (Fsp3) is 0.647. The number of unbranched alkanes of at least 4 members (excludes halogenated alkanes) is 2. The summed E-state index contributed by atoms with van der Waals surface area (Å²) in [4.78, 5) is 0.461. The second-order valence-corrected chi connectivity index (χ2v) is 7.76. The summed E-state index contributed by atoms with van der Waals surface area (Å²) in [5.74, 6) is 0. The number of aryl methyl sites for hydroxylation is 2. The first-order chi connectivity index (χ1) is 9.70. The Labute approximate surface area is 130 Å². The van der Waals surface area contributed by atoms with Crippen LogP contribution in [-0.4, -0.2) is 14.5 Å². The van der Waals surface area contributed by atoms with Crippen molar-refractivity contribution >= 4 is 10.0 Å². The van der Waals surface area contributed by atoms with Gasteiger partial charge in [0.25, 0.3) is 0 Å². The molecule has 0 amide bonds. The second kappa shape index (κ2) is 7.41. The molecule has 1 aromatic carbocycles. The zero-order valence-electron chi connectivity index (χ0n) is 14.2. The van der Waals surface area contributed by atoms with E-state index in [1.807, 2.05) is 40.7 Å². The Hall–Kier alpha value is -0.870. The lowest BCUT2D eigenvalue weighted by Gasteiger charge is -2.19. The van der Waals surface area contributed by atoms with Crippen LogP contribution < -0.4 is 4.72 Å². The van der Waals surface area contributed by atoms with Crippen LogP contribution in [0.5, 0.6) is 0 Å². The van der Waals surface area contributed by atoms with Crippen LogP contribution in [0.2, 0.25) is 0 Å². The van der Waals surface area contributed by atoms with Gasteiger partial charge in [0, 0.05) is 6.04 Å². The zero-order valence-corrected chi connectivity index (χ0v) is 15.0. The average Bonchev–Trinajstić information content (AvgIpc) is 2.36. The van der Waals surface area contributed by atoms with Gasteiger partial charge in [0.2, 0.25) is 10.0 Å². The summed E-state index contributed by atoms with van der Waals surface area (Å²) in [6.45, 7) is 11.8. The Morgan fingerprint density at radius 3 is 2.05 bits per heavy atom. The maximum Gasteiger partial charge on any atom is 0.241 e. The minimum Gasteiger partial charge on any atom is -0.208 e. The van der Waals surface area contributed by atoms with Gasteiger partial charge in [-0.05, 0) is 63.3 Å². The van der Waals surface area contributed by atoms with Gasteiger partial charge in [-0.15, -0.1) is 0 Å². The normalized spacial score (nSPS) is 13.4. The van der Waals surface area contributed by atoms with E-state index in [2.05, 4.69) is 11.6 Å². The van der Waals surface area contributed by atoms with E-state index in [-0.39, 0.29) is 6.04 Å². The molecule has 0 aromatic heterocycles. The van der Waals surface area contributed by atoms with E-state index < -0.39 is 10.0 Å². The van der Waals surface area contributed by atoms with E-state index in [1.54, 1.807) is 0 Å². The summed E-state index contributed by atoms with van der Waals surface area (Å²) in [5.41, 5.74) is 3.76. The molecule has 1 unspecified atom stereocenters. The third-order valence-electron chi connectivity index (χ3n) is 4.16. The highest BCUT2D eigenvalue weighted by atomic mass is 32.2. The lowest BCUT2D eigenvalue weighted by molar-refractivity contribution is 0.526. The maximum absolute atomic E-state index is 12.7. The summed E-state index contributed by atoms with van der Waals surface area (Å²) in [6.07, 6.45) is 4.24. The van der Waals surface area contributed by atoms with E-state index in [9.17, 15) is 8.42 Å². The van der Waals surface area contributed by atoms with Gasteiger partial charge < -0.3 is 0 Å². The van der Waals surface area contributed by atoms with Crippen LogP contribution in [0.1, 0.15) is 61.8 Å². The van der Waals surface area contributed by atoms with Crippen molar-refractivity contribution in [2.75, 3.05) is 0 Å². The van der Waals surface area contributed by atoms with Gasteiger partial charge in [0.05, 0.1) is 4.90 Å². The van der Waals surface area contributed by atoms with Crippen molar-refractivity contribution in [1.29, 1.82) is 0 Å². The molecule has 3 nitrogen and oxygen atoms in total. The molecule has 1 atom stereocenters. The molecule has 0 aliphatic carbocycles. The Kier molecular flexibility index (Phi) is 6.41. The van der Waals surface area contributed by atoms with E-state index in [4.69, 9.17) is 0 Å². The highest BCUT2D eigenvalue weighted by Gasteiger charge is 2.23. The molecule has 1 rings (SSSR count). The molecule has 0 bridgehead atoms. The van der Waals surface area contributed by atoms with E-state index in [0.717, 1.165) is 47.9 Å². The van der Waals surface area contributed by atoms with Crippen LogP contribution >= 0.6 is 0 Å². The summed E-state index contributed by atoms with van der Waals surface area (Å²) < 4.78 is 28.3. The molecule has 21 heavy (non-hydrogen) atoms.